The van der Waals surface area contributed by atoms with Crippen LogP contribution >= 0.6 is 11.3 Å². The molecule has 30 heavy (non-hydrogen) atoms. The fourth-order valence-electron chi connectivity index (χ4n) is 3.30. The summed E-state index contributed by atoms with van der Waals surface area (Å²) in [6, 6.07) is 5.14. The highest BCUT2D eigenvalue weighted by Crippen LogP contribution is 2.31. The number of thiophene rings is 1. The number of aromatic nitrogens is 2. The molecular weight excluding hydrogens is 428 g/mol. The first kappa shape index (κ1) is 20.8. The summed E-state index contributed by atoms with van der Waals surface area (Å²) in [6.07, 6.45) is 3.13. The zero-order valence-corrected chi connectivity index (χ0v) is 18.0. The molecule has 0 unspecified atom stereocenters. The quantitative estimate of drug-likeness (QED) is 0.588. The Morgan fingerprint density at radius 2 is 2.17 bits per heavy atom. The van der Waals surface area contributed by atoms with E-state index in [1.54, 1.807) is 29.8 Å². The molecule has 1 aliphatic rings. The lowest BCUT2D eigenvalue weighted by Crippen LogP contribution is -2.42. The topological polar surface area (TPSA) is 119 Å². The van der Waals surface area contributed by atoms with Crippen LogP contribution in [0.15, 0.2) is 43.0 Å². The number of amides is 1. The number of sulfonamides is 1. The van der Waals surface area contributed by atoms with Gasteiger partial charge in [-0.2, -0.15) is 9.29 Å². The minimum atomic E-state index is -3.63. The van der Waals surface area contributed by atoms with Crippen molar-refractivity contribution in [2.75, 3.05) is 13.1 Å². The maximum Gasteiger partial charge on any atom is 0.252 e. The molecule has 0 radical (unpaired) electrons. The molecule has 0 aliphatic carbocycles. The third-order valence-corrected chi connectivity index (χ3v) is 8.35. The van der Waals surface area contributed by atoms with E-state index in [0.29, 0.717) is 61.9 Å². The molecule has 0 atom stereocenters. The first-order valence-corrected chi connectivity index (χ1v) is 12.0. The molecule has 3 aromatic rings. The Labute approximate surface area is 178 Å². The van der Waals surface area contributed by atoms with Crippen LogP contribution < -0.4 is 5.32 Å². The molecule has 0 aromatic carbocycles. The van der Waals surface area contributed by atoms with E-state index in [1.807, 2.05) is 6.92 Å². The van der Waals surface area contributed by atoms with Gasteiger partial charge in [0.15, 0.2) is 0 Å². The second-order valence-corrected chi connectivity index (χ2v) is 10.1. The summed E-state index contributed by atoms with van der Waals surface area (Å²) in [4.78, 5) is 16.6. The summed E-state index contributed by atoms with van der Waals surface area (Å²) in [5.74, 6) is 1.29. The molecule has 1 N–H and O–H groups in total. The SMILES string of the molecule is CCc1nc(-c2csc(S(=O)(=O)N3CCC(C(=O)NCc4ccco4)CC3)c2)no1. The molecule has 1 amide bonds. The number of nitrogens with one attached hydrogen (secondary N) is 1. The van der Waals surface area contributed by atoms with Crippen molar-refractivity contribution in [2.24, 2.45) is 5.92 Å². The van der Waals surface area contributed by atoms with Crippen LogP contribution in [0.1, 0.15) is 31.4 Å². The van der Waals surface area contributed by atoms with Gasteiger partial charge in [0.2, 0.25) is 17.6 Å². The third kappa shape index (κ3) is 4.32. The average Bonchev–Trinajstić information content (AvgIpc) is 3.53. The first-order chi connectivity index (χ1) is 14.5. The molecule has 4 rings (SSSR count). The second kappa shape index (κ2) is 8.70. The molecule has 4 heterocycles. The van der Waals surface area contributed by atoms with E-state index in [-0.39, 0.29) is 16.0 Å². The lowest BCUT2D eigenvalue weighted by Gasteiger charge is -2.30. The summed E-state index contributed by atoms with van der Waals surface area (Å²) in [5.41, 5.74) is 0.620. The Balaban J connectivity index is 1.36. The van der Waals surface area contributed by atoms with Gasteiger partial charge in [-0.3, -0.25) is 4.79 Å². The van der Waals surface area contributed by atoms with Gasteiger partial charge in [-0.05, 0) is 31.0 Å². The van der Waals surface area contributed by atoms with Gasteiger partial charge in [-0.25, -0.2) is 8.42 Å². The smallest absolute Gasteiger partial charge is 0.252 e. The van der Waals surface area contributed by atoms with E-state index in [4.69, 9.17) is 8.94 Å². The zero-order valence-electron chi connectivity index (χ0n) is 16.4. The number of carbonyl (C=O) groups excluding carboxylic acids is 1. The molecule has 1 aliphatic heterocycles. The maximum absolute atomic E-state index is 13.0. The van der Waals surface area contributed by atoms with Gasteiger partial charge >= 0.3 is 0 Å². The number of nitrogens with zero attached hydrogens (tertiary/aromatic N) is 3. The minimum absolute atomic E-state index is 0.0781. The van der Waals surface area contributed by atoms with Crippen LogP contribution in [0.4, 0.5) is 0 Å². The van der Waals surface area contributed by atoms with Crippen molar-refractivity contribution in [2.45, 2.75) is 36.9 Å². The van der Waals surface area contributed by atoms with Crippen LogP contribution in [-0.2, 0) is 27.8 Å². The van der Waals surface area contributed by atoms with Crippen molar-refractivity contribution in [1.29, 1.82) is 0 Å². The molecule has 11 heteroatoms. The van der Waals surface area contributed by atoms with E-state index < -0.39 is 10.0 Å². The number of rotatable bonds is 7. The van der Waals surface area contributed by atoms with Crippen molar-refractivity contribution in [3.8, 4) is 11.4 Å². The Bertz CT molecular complexity index is 1100. The largest absolute Gasteiger partial charge is 0.467 e. The molecule has 0 spiro atoms. The van der Waals surface area contributed by atoms with Crippen molar-refractivity contribution in [1.82, 2.24) is 19.8 Å². The summed E-state index contributed by atoms with van der Waals surface area (Å²) in [7, 11) is -3.63. The van der Waals surface area contributed by atoms with Gasteiger partial charge in [0.25, 0.3) is 10.0 Å². The fourth-order valence-corrected chi connectivity index (χ4v) is 6.08. The van der Waals surface area contributed by atoms with E-state index in [1.165, 1.54) is 4.31 Å². The Morgan fingerprint density at radius 1 is 1.37 bits per heavy atom. The van der Waals surface area contributed by atoms with Crippen LogP contribution in [0.3, 0.4) is 0 Å². The Hall–Kier alpha value is -2.50. The number of carbonyl (C=O) groups is 1. The summed E-state index contributed by atoms with van der Waals surface area (Å²) >= 11 is 1.13. The normalized spacial score (nSPS) is 16.0. The van der Waals surface area contributed by atoms with Crippen LogP contribution in [-0.4, -0.2) is 41.9 Å². The van der Waals surface area contributed by atoms with Gasteiger partial charge in [0.1, 0.15) is 9.97 Å². The Kier molecular flexibility index (Phi) is 6.02. The van der Waals surface area contributed by atoms with E-state index >= 15 is 0 Å². The molecule has 1 fully saturated rings. The molecule has 0 bridgehead atoms. The lowest BCUT2D eigenvalue weighted by molar-refractivity contribution is -0.126. The standard InChI is InChI=1S/C19H22N4O5S2/c1-2-16-21-18(22-28-16)14-10-17(29-12-14)30(25,26)23-7-5-13(6-8-23)19(24)20-11-15-4-3-9-27-15/h3-4,9-10,12-13H,2,5-8,11H2,1H3,(H,20,24). The van der Waals surface area contributed by atoms with Crippen LogP contribution in [0, 0.1) is 5.92 Å². The van der Waals surface area contributed by atoms with Crippen LogP contribution in [0.25, 0.3) is 11.4 Å². The molecule has 9 nitrogen and oxygen atoms in total. The van der Waals surface area contributed by atoms with E-state index in [9.17, 15) is 13.2 Å². The highest BCUT2D eigenvalue weighted by molar-refractivity contribution is 7.91. The zero-order chi connectivity index (χ0) is 21.1. The maximum atomic E-state index is 13.0. The van der Waals surface area contributed by atoms with Crippen molar-refractivity contribution in [3.63, 3.8) is 0 Å². The molecular formula is C19H22N4O5S2. The van der Waals surface area contributed by atoms with Crippen molar-refractivity contribution >= 4 is 27.3 Å². The summed E-state index contributed by atoms with van der Waals surface area (Å²) in [5, 5.41) is 8.45. The number of hydrogen-bond donors (Lipinski definition) is 1. The van der Waals surface area contributed by atoms with Crippen molar-refractivity contribution in [3.05, 3.63) is 41.5 Å². The second-order valence-electron chi connectivity index (χ2n) is 7.00. The van der Waals surface area contributed by atoms with Gasteiger partial charge < -0.3 is 14.3 Å². The van der Waals surface area contributed by atoms with Crippen LogP contribution in [0.2, 0.25) is 0 Å². The summed E-state index contributed by atoms with van der Waals surface area (Å²) < 4.78 is 38.0. The molecule has 3 aromatic heterocycles. The molecule has 1 saturated heterocycles. The highest BCUT2D eigenvalue weighted by atomic mass is 32.2. The lowest BCUT2D eigenvalue weighted by atomic mass is 9.97. The first-order valence-electron chi connectivity index (χ1n) is 9.69. The number of aryl methyl sites for hydroxylation is 1. The average molecular weight is 451 g/mol. The van der Waals surface area contributed by atoms with Gasteiger partial charge in [-0.15, -0.1) is 11.3 Å². The predicted molar refractivity (Wildman–Crippen MR) is 109 cm³/mol. The van der Waals surface area contributed by atoms with E-state index in [2.05, 4.69) is 15.5 Å². The van der Waals surface area contributed by atoms with Gasteiger partial charge in [-0.1, -0.05) is 12.1 Å². The Morgan fingerprint density at radius 3 is 2.83 bits per heavy atom. The monoisotopic (exact) mass is 450 g/mol. The number of piperidine rings is 1. The van der Waals surface area contributed by atoms with Crippen LogP contribution in [0.5, 0.6) is 0 Å². The predicted octanol–water partition coefficient (Wildman–Crippen LogP) is 2.67. The number of hydrogen-bond acceptors (Lipinski definition) is 8. The number of furan rings is 1. The fraction of sp³-hybridized carbons (Fsp3) is 0.421. The highest BCUT2D eigenvalue weighted by Gasteiger charge is 2.33. The van der Waals surface area contributed by atoms with E-state index in [0.717, 1.165) is 11.3 Å². The minimum Gasteiger partial charge on any atom is -0.467 e. The molecule has 0 saturated carbocycles. The molecule has 160 valence electrons. The summed E-state index contributed by atoms with van der Waals surface area (Å²) in [6.45, 7) is 2.84. The third-order valence-electron chi connectivity index (χ3n) is 5.04. The van der Waals surface area contributed by atoms with Crippen molar-refractivity contribution < 1.29 is 22.2 Å². The van der Waals surface area contributed by atoms with Gasteiger partial charge in [0, 0.05) is 36.4 Å². The van der Waals surface area contributed by atoms with Gasteiger partial charge in [0.05, 0.1) is 12.8 Å².